The third-order valence-corrected chi connectivity index (χ3v) is 3.34. The molecule has 0 bridgehead atoms. The van der Waals surface area contributed by atoms with Gasteiger partial charge in [-0.15, -0.1) is 0 Å². The van der Waals surface area contributed by atoms with E-state index in [2.05, 4.69) is 21.2 Å². The summed E-state index contributed by atoms with van der Waals surface area (Å²) in [5, 5.41) is 4.10. The average Bonchev–Trinajstić information content (AvgIpc) is 2.69. The van der Waals surface area contributed by atoms with E-state index in [4.69, 9.17) is 16.3 Å². The highest BCUT2D eigenvalue weighted by molar-refractivity contribution is 9.10. The van der Waals surface area contributed by atoms with Crippen molar-refractivity contribution in [1.82, 2.24) is 0 Å². The average molecular weight is 291 g/mol. The van der Waals surface area contributed by atoms with Gasteiger partial charge in [-0.1, -0.05) is 27.5 Å². The van der Waals surface area contributed by atoms with Crippen LogP contribution in [0.2, 0.25) is 5.02 Å². The fourth-order valence-electron chi connectivity index (χ4n) is 1.63. The van der Waals surface area contributed by atoms with E-state index in [1.165, 1.54) is 0 Å². The number of rotatable bonds is 3. The molecule has 2 nitrogen and oxygen atoms in total. The lowest BCUT2D eigenvalue weighted by atomic mass is 10.1. The molecule has 1 saturated heterocycles. The topological polar surface area (TPSA) is 21.3 Å². The SMILES string of the molecule is Clc1cc(Br)ccc1NCC1CCOC1. The molecule has 0 saturated carbocycles. The van der Waals surface area contributed by atoms with Crippen molar-refractivity contribution >= 4 is 33.2 Å². The van der Waals surface area contributed by atoms with Crippen molar-refractivity contribution in [2.45, 2.75) is 6.42 Å². The molecule has 2 rings (SSSR count). The first-order chi connectivity index (χ1) is 7.25. The minimum Gasteiger partial charge on any atom is -0.383 e. The van der Waals surface area contributed by atoms with Gasteiger partial charge in [-0.05, 0) is 24.6 Å². The van der Waals surface area contributed by atoms with Crippen LogP contribution in [-0.4, -0.2) is 19.8 Å². The van der Waals surface area contributed by atoms with Crippen LogP contribution in [0.5, 0.6) is 0 Å². The van der Waals surface area contributed by atoms with Gasteiger partial charge < -0.3 is 10.1 Å². The summed E-state index contributed by atoms with van der Waals surface area (Å²) in [5.41, 5.74) is 0.992. The fraction of sp³-hybridized carbons (Fsp3) is 0.455. The molecule has 0 spiro atoms. The van der Waals surface area contributed by atoms with Gasteiger partial charge in [0.15, 0.2) is 0 Å². The number of nitrogens with one attached hydrogen (secondary N) is 1. The molecule has 1 aliphatic heterocycles. The summed E-state index contributed by atoms with van der Waals surface area (Å²) in [6.45, 7) is 2.68. The van der Waals surface area contributed by atoms with Crippen molar-refractivity contribution in [1.29, 1.82) is 0 Å². The van der Waals surface area contributed by atoms with E-state index < -0.39 is 0 Å². The molecule has 15 heavy (non-hydrogen) atoms. The summed E-state index contributed by atoms with van der Waals surface area (Å²) in [7, 11) is 0. The summed E-state index contributed by atoms with van der Waals surface area (Å²) < 4.78 is 6.32. The van der Waals surface area contributed by atoms with Crippen LogP contribution in [0, 0.1) is 5.92 Å². The Hall–Kier alpha value is -0.250. The molecule has 1 aliphatic rings. The van der Waals surface area contributed by atoms with E-state index in [0.29, 0.717) is 5.92 Å². The maximum absolute atomic E-state index is 6.09. The highest BCUT2D eigenvalue weighted by Gasteiger charge is 2.15. The number of hydrogen-bond acceptors (Lipinski definition) is 2. The summed E-state index contributed by atoms with van der Waals surface area (Å²) in [4.78, 5) is 0. The lowest BCUT2D eigenvalue weighted by molar-refractivity contribution is 0.187. The first-order valence-corrected chi connectivity index (χ1v) is 6.19. The van der Waals surface area contributed by atoms with Crippen LogP contribution < -0.4 is 5.32 Å². The number of hydrogen-bond donors (Lipinski definition) is 1. The first kappa shape index (κ1) is 11.2. The Morgan fingerprint density at radius 2 is 2.40 bits per heavy atom. The molecule has 0 radical (unpaired) electrons. The summed E-state index contributed by atoms with van der Waals surface area (Å²) >= 11 is 9.47. The number of benzene rings is 1. The van der Waals surface area contributed by atoms with Gasteiger partial charge in [0.2, 0.25) is 0 Å². The first-order valence-electron chi connectivity index (χ1n) is 5.02. The van der Waals surface area contributed by atoms with E-state index in [0.717, 1.165) is 41.4 Å². The van der Waals surface area contributed by atoms with Gasteiger partial charge in [0, 0.05) is 23.5 Å². The van der Waals surface area contributed by atoms with Crippen LogP contribution in [0.1, 0.15) is 6.42 Å². The van der Waals surface area contributed by atoms with Gasteiger partial charge in [0.1, 0.15) is 0 Å². The van der Waals surface area contributed by atoms with Gasteiger partial charge in [0.25, 0.3) is 0 Å². The highest BCUT2D eigenvalue weighted by atomic mass is 79.9. The van der Waals surface area contributed by atoms with Crippen LogP contribution in [0.25, 0.3) is 0 Å². The fourth-order valence-corrected chi connectivity index (χ4v) is 2.37. The van der Waals surface area contributed by atoms with Gasteiger partial charge in [-0.25, -0.2) is 0 Å². The van der Waals surface area contributed by atoms with Crippen molar-refractivity contribution in [3.05, 3.63) is 27.7 Å². The van der Waals surface area contributed by atoms with Crippen LogP contribution in [0.3, 0.4) is 0 Å². The lowest BCUT2D eigenvalue weighted by Crippen LogP contribution is -2.14. The van der Waals surface area contributed by atoms with Gasteiger partial charge >= 0.3 is 0 Å². The predicted molar refractivity (Wildman–Crippen MR) is 66.6 cm³/mol. The Bertz CT molecular complexity index is 339. The number of ether oxygens (including phenoxy) is 1. The van der Waals surface area contributed by atoms with E-state index >= 15 is 0 Å². The maximum atomic E-state index is 6.09. The Morgan fingerprint density at radius 1 is 1.53 bits per heavy atom. The lowest BCUT2D eigenvalue weighted by Gasteiger charge is -2.12. The maximum Gasteiger partial charge on any atom is 0.0648 e. The Morgan fingerprint density at radius 3 is 3.07 bits per heavy atom. The number of halogens is 2. The second-order valence-corrected chi connectivity index (χ2v) is 5.06. The molecule has 82 valence electrons. The molecule has 1 aromatic rings. The van der Waals surface area contributed by atoms with Gasteiger partial charge in [0.05, 0.1) is 17.3 Å². The Kier molecular flexibility index (Phi) is 3.89. The molecule has 1 heterocycles. The van der Waals surface area contributed by atoms with Crippen LogP contribution in [-0.2, 0) is 4.74 Å². The van der Waals surface area contributed by atoms with E-state index in [1.54, 1.807) is 0 Å². The van der Waals surface area contributed by atoms with Gasteiger partial charge in [-0.2, -0.15) is 0 Å². The minimum atomic E-state index is 0.615. The molecule has 1 N–H and O–H groups in total. The van der Waals surface area contributed by atoms with Crippen molar-refractivity contribution in [3.63, 3.8) is 0 Å². The smallest absolute Gasteiger partial charge is 0.0648 e. The third-order valence-electron chi connectivity index (χ3n) is 2.54. The third kappa shape index (κ3) is 3.10. The van der Waals surface area contributed by atoms with Crippen LogP contribution >= 0.6 is 27.5 Å². The molecule has 1 atom stereocenters. The predicted octanol–water partition coefficient (Wildman–Crippen LogP) is 3.55. The summed E-state index contributed by atoms with van der Waals surface area (Å²) in [6.07, 6.45) is 1.14. The van der Waals surface area contributed by atoms with Crippen LogP contribution in [0.15, 0.2) is 22.7 Å². The number of anilines is 1. The highest BCUT2D eigenvalue weighted by Crippen LogP contribution is 2.26. The molecule has 4 heteroatoms. The zero-order valence-electron chi connectivity index (χ0n) is 8.30. The minimum absolute atomic E-state index is 0.615. The van der Waals surface area contributed by atoms with Crippen LogP contribution in [0.4, 0.5) is 5.69 Å². The van der Waals surface area contributed by atoms with E-state index in [9.17, 15) is 0 Å². The zero-order chi connectivity index (χ0) is 10.7. The van der Waals surface area contributed by atoms with Crippen molar-refractivity contribution < 1.29 is 4.74 Å². The standard InChI is InChI=1S/C11H13BrClNO/c12-9-1-2-11(10(13)5-9)14-6-8-3-4-15-7-8/h1-2,5,8,14H,3-4,6-7H2. The second-order valence-electron chi connectivity index (χ2n) is 3.73. The molecule has 0 aliphatic carbocycles. The molecular weight excluding hydrogens is 277 g/mol. The Balaban J connectivity index is 1.92. The molecule has 1 aromatic carbocycles. The van der Waals surface area contributed by atoms with Crippen molar-refractivity contribution in [2.75, 3.05) is 25.1 Å². The summed E-state index contributed by atoms with van der Waals surface area (Å²) in [5.74, 6) is 0.615. The Labute approximate surface area is 103 Å². The van der Waals surface area contributed by atoms with E-state index in [-0.39, 0.29) is 0 Å². The van der Waals surface area contributed by atoms with Gasteiger partial charge in [-0.3, -0.25) is 0 Å². The second kappa shape index (κ2) is 5.19. The largest absolute Gasteiger partial charge is 0.383 e. The normalized spacial score (nSPS) is 20.5. The monoisotopic (exact) mass is 289 g/mol. The molecular formula is C11H13BrClNO. The zero-order valence-corrected chi connectivity index (χ0v) is 10.6. The van der Waals surface area contributed by atoms with E-state index in [1.807, 2.05) is 18.2 Å². The quantitative estimate of drug-likeness (QED) is 0.919. The van der Waals surface area contributed by atoms with Crippen molar-refractivity contribution in [2.24, 2.45) is 5.92 Å². The summed E-state index contributed by atoms with van der Waals surface area (Å²) in [6, 6.07) is 5.87. The molecule has 0 aromatic heterocycles. The molecule has 1 unspecified atom stereocenters. The molecule has 1 fully saturated rings. The van der Waals surface area contributed by atoms with Crippen molar-refractivity contribution in [3.8, 4) is 0 Å². The molecule has 0 amide bonds.